The van der Waals surface area contributed by atoms with Crippen LogP contribution >= 0.6 is 0 Å². The van der Waals surface area contributed by atoms with Crippen molar-refractivity contribution in [3.05, 3.63) is 59.2 Å². The fourth-order valence-electron chi connectivity index (χ4n) is 3.11. The van der Waals surface area contributed by atoms with Crippen LogP contribution in [0, 0.1) is 0 Å². The largest absolute Gasteiger partial charge is 0.496 e. The van der Waals surface area contributed by atoms with Gasteiger partial charge in [-0.2, -0.15) is 0 Å². The summed E-state index contributed by atoms with van der Waals surface area (Å²) in [6, 6.07) is 14.8. The van der Waals surface area contributed by atoms with Crippen molar-refractivity contribution in [2.45, 2.75) is 31.8 Å². The van der Waals surface area contributed by atoms with E-state index in [4.69, 9.17) is 10.5 Å². The fourth-order valence-corrected chi connectivity index (χ4v) is 3.11. The van der Waals surface area contributed by atoms with Gasteiger partial charge in [0.05, 0.1) is 7.11 Å². The van der Waals surface area contributed by atoms with Crippen LogP contribution in [0.25, 0.3) is 0 Å². The summed E-state index contributed by atoms with van der Waals surface area (Å²) in [5, 5.41) is 3.66. The maximum Gasteiger partial charge on any atom is 0.123 e. The van der Waals surface area contributed by atoms with E-state index in [1.165, 1.54) is 23.1 Å². The lowest BCUT2D eigenvalue weighted by Crippen LogP contribution is -2.25. The van der Waals surface area contributed by atoms with Crippen molar-refractivity contribution in [3.63, 3.8) is 0 Å². The molecule has 3 N–H and O–H groups in total. The van der Waals surface area contributed by atoms with Crippen LogP contribution in [0.1, 0.15) is 35.6 Å². The van der Waals surface area contributed by atoms with E-state index >= 15 is 0 Å². The lowest BCUT2D eigenvalue weighted by Gasteiger charge is -2.27. The van der Waals surface area contributed by atoms with Crippen molar-refractivity contribution >= 4 is 5.69 Å². The molecule has 110 valence electrons. The topological polar surface area (TPSA) is 47.3 Å². The Morgan fingerprint density at radius 3 is 2.95 bits per heavy atom. The standard InChI is InChI=1S/C18H22N2O/c1-21-18-8-3-2-5-14(18)12-20-17-7-4-6-13-9-10-15(19)11-16(13)17/h2-3,5,8-11,17,20H,4,6-7,12,19H2,1H3. The number of rotatable bonds is 4. The Bertz CT molecular complexity index is 624. The third-order valence-electron chi connectivity index (χ3n) is 4.22. The van der Waals surface area contributed by atoms with Crippen LogP contribution in [0.4, 0.5) is 5.69 Å². The third kappa shape index (κ3) is 3.03. The highest BCUT2D eigenvalue weighted by Gasteiger charge is 2.20. The molecule has 1 aliphatic carbocycles. The van der Waals surface area contributed by atoms with Gasteiger partial charge < -0.3 is 15.8 Å². The van der Waals surface area contributed by atoms with Gasteiger partial charge in [0.25, 0.3) is 0 Å². The highest BCUT2D eigenvalue weighted by Crippen LogP contribution is 2.31. The second-order valence-electron chi connectivity index (χ2n) is 5.60. The number of hydrogen-bond acceptors (Lipinski definition) is 3. The molecule has 0 fully saturated rings. The summed E-state index contributed by atoms with van der Waals surface area (Å²) >= 11 is 0. The Balaban J connectivity index is 1.76. The van der Waals surface area contributed by atoms with Gasteiger partial charge in [0.2, 0.25) is 0 Å². The maximum absolute atomic E-state index is 5.95. The van der Waals surface area contributed by atoms with Crippen molar-refractivity contribution in [2.75, 3.05) is 12.8 Å². The summed E-state index contributed by atoms with van der Waals surface area (Å²) in [5.74, 6) is 0.939. The van der Waals surface area contributed by atoms with Gasteiger partial charge >= 0.3 is 0 Å². The van der Waals surface area contributed by atoms with Gasteiger partial charge in [-0.3, -0.25) is 0 Å². The van der Waals surface area contributed by atoms with Crippen molar-refractivity contribution in [1.29, 1.82) is 0 Å². The average molecular weight is 282 g/mol. The molecule has 0 bridgehead atoms. The molecule has 2 aromatic carbocycles. The molecule has 1 aliphatic rings. The minimum absolute atomic E-state index is 0.377. The number of nitrogen functional groups attached to an aromatic ring is 1. The number of methoxy groups -OCH3 is 1. The van der Waals surface area contributed by atoms with Gasteiger partial charge in [0.15, 0.2) is 0 Å². The molecule has 3 nitrogen and oxygen atoms in total. The van der Waals surface area contributed by atoms with Crippen molar-refractivity contribution in [1.82, 2.24) is 5.32 Å². The number of hydrogen-bond donors (Lipinski definition) is 2. The second-order valence-corrected chi connectivity index (χ2v) is 5.60. The van der Waals surface area contributed by atoms with E-state index in [1.54, 1.807) is 7.11 Å². The number of aryl methyl sites for hydroxylation is 1. The van der Waals surface area contributed by atoms with Gasteiger partial charge in [-0.1, -0.05) is 24.3 Å². The average Bonchev–Trinajstić information content (AvgIpc) is 2.53. The van der Waals surface area contributed by atoms with Gasteiger partial charge in [-0.25, -0.2) is 0 Å². The first-order valence-electron chi connectivity index (χ1n) is 7.51. The lowest BCUT2D eigenvalue weighted by atomic mass is 9.87. The third-order valence-corrected chi connectivity index (χ3v) is 4.22. The SMILES string of the molecule is COc1ccccc1CNC1CCCc2ccc(N)cc21. The molecule has 3 rings (SSSR count). The Labute approximate surface area is 126 Å². The molecular weight excluding hydrogens is 260 g/mol. The number of fused-ring (bicyclic) bond motifs is 1. The minimum atomic E-state index is 0.377. The molecule has 1 atom stereocenters. The molecule has 0 saturated heterocycles. The van der Waals surface area contributed by atoms with Gasteiger partial charge in [-0.15, -0.1) is 0 Å². The molecule has 3 heteroatoms. The van der Waals surface area contributed by atoms with E-state index < -0.39 is 0 Å². The number of ether oxygens (including phenoxy) is 1. The molecule has 0 amide bonds. The van der Waals surface area contributed by atoms with Crippen LogP contribution in [0.5, 0.6) is 5.75 Å². The number of benzene rings is 2. The van der Waals surface area contributed by atoms with E-state index in [0.717, 1.165) is 30.8 Å². The van der Waals surface area contributed by atoms with Crippen molar-refractivity contribution in [3.8, 4) is 5.75 Å². The smallest absolute Gasteiger partial charge is 0.123 e. The predicted molar refractivity (Wildman–Crippen MR) is 86.4 cm³/mol. The van der Waals surface area contributed by atoms with Crippen LogP contribution in [0.2, 0.25) is 0 Å². The lowest BCUT2D eigenvalue weighted by molar-refractivity contribution is 0.401. The molecule has 0 heterocycles. The van der Waals surface area contributed by atoms with Crippen LogP contribution in [-0.4, -0.2) is 7.11 Å². The number of nitrogens with two attached hydrogens (primary N) is 1. The monoisotopic (exact) mass is 282 g/mol. The zero-order chi connectivity index (χ0) is 14.7. The van der Waals surface area contributed by atoms with E-state index in [-0.39, 0.29) is 0 Å². The summed E-state index contributed by atoms with van der Waals surface area (Å²) in [4.78, 5) is 0. The highest BCUT2D eigenvalue weighted by molar-refractivity contribution is 5.47. The first kappa shape index (κ1) is 14.0. The summed E-state index contributed by atoms with van der Waals surface area (Å²) < 4.78 is 5.41. The predicted octanol–water partition coefficient (Wildman–Crippen LogP) is 3.44. The molecule has 2 aromatic rings. The fraction of sp³-hybridized carbons (Fsp3) is 0.333. The summed E-state index contributed by atoms with van der Waals surface area (Å²) in [5.41, 5.74) is 10.8. The second kappa shape index (κ2) is 6.19. The summed E-state index contributed by atoms with van der Waals surface area (Å²) in [6.45, 7) is 0.808. The Hall–Kier alpha value is -2.00. The molecule has 0 radical (unpaired) electrons. The Morgan fingerprint density at radius 1 is 1.24 bits per heavy atom. The Kier molecular flexibility index (Phi) is 4.11. The van der Waals surface area contributed by atoms with Gasteiger partial charge in [0.1, 0.15) is 5.75 Å². The minimum Gasteiger partial charge on any atom is -0.496 e. The highest BCUT2D eigenvalue weighted by atomic mass is 16.5. The zero-order valence-electron chi connectivity index (χ0n) is 12.4. The number of anilines is 1. The van der Waals surface area contributed by atoms with E-state index in [2.05, 4.69) is 23.5 Å². The van der Waals surface area contributed by atoms with Crippen molar-refractivity contribution < 1.29 is 4.74 Å². The van der Waals surface area contributed by atoms with E-state index in [0.29, 0.717) is 6.04 Å². The van der Waals surface area contributed by atoms with Crippen molar-refractivity contribution in [2.24, 2.45) is 0 Å². The molecule has 0 spiro atoms. The normalized spacial score (nSPS) is 17.3. The summed E-state index contributed by atoms with van der Waals surface area (Å²) in [7, 11) is 1.72. The molecule has 1 unspecified atom stereocenters. The van der Waals surface area contributed by atoms with E-state index in [1.807, 2.05) is 24.3 Å². The van der Waals surface area contributed by atoms with E-state index in [9.17, 15) is 0 Å². The molecule has 21 heavy (non-hydrogen) atoms. The molecule has 0 saturated carbocycles. The molecular formula is C18H22N2O. The first-order valence-corrected chi connectivity index (χ1v) is 7.51. The maximum atomic E-state index is 5.95. The quantitative estimate of drug-likeness (QED) is 0.844. The van der Waals surface area contributed by atoms with Gasteiger partial charge in [-0.05, 0) is 48.6 Å². The Morgan fingerprint density at radius 2 is 2.10 bits per heavy atom. The van der Waals surface area contributed by atoms with Crippen LogP contribution in [0.15, 0.2) is 42.5 Å². The number of nitrogens with one attached hydrogen (secondary N) is 1. The molecule has 0 aliphatic heterocycles. The zero-order valence-corrected chi connectivity index (χ0v) is 12.4. The van der Waals surface area contributed by atoms with Gasteiger partial charge in [0, 0.05) is 23.8 Å². The van der Waals surface area contributed by atoms with Crippen LogP contribution < -0.4 is 15.8 Å². The summed E-state index contributed by atoms with van der Waals surface area (Å²) in [6.07, 6.45) is 3.54. The van der Waals surface area contributed by atoms with Crippen LogP contribution in [0.3, 0.4) is 0 Å². The van der Waals surface area contributed by atoms with Crippen LogP contribution in [-0.2, 0) is 13.0 Å². The molecule has 0 aromatic heterocycles. The number of para-hydroxylation sites is 1. The first-order chi connectivity index (χ1) is 10.3.